The van der Waals surface area contributed by atoms with Gasteiger partial charge in [0.25, 0.3) is 0 Å². The second-order valence-electron chi connectivity index (χ2n) is 21.0. The Hall–Kier alpha value is -2.11. The summed E-state index contributed by atoms with van der Waals surface area (Å²) in [6.07, 6.45) is 69.2. The molecule has 0 rings (SSSR count). The van der Waals surface area contributed by atoms with Gasteiger partial charge in [-0.25, -0.2) is 0 Å². The number of carbonyl (C=O) groups is 3. The van der Waals surface area contributed by atoms with E-state index in [1.165, 1.54) is 238 Å². The van der Waals surface area contributed by atoms with Crippen molar-refractivity contribution in [1.82, 2.24) is 0 Å². The molecule has 0 bridgehead atoms. The Morgan fingerprint density at radius 1 is 0.275 bits per heavy atom. The quantitative estimate of drug-likeness (QED) is 0.0261. The van der Waals surface area contributed by atoms with Crippen LogP contribution in [0.15, 0.2) is 24.3 Å². The average Bonchev–Trinajstić information content (AvgIpc) is 3.35. The van der Waals surface area contributed by atoms with Crippen molar-refractivity contribution in [3.05, 3.63) is 24.3 Å². The lowest BCUT2D eigenvalue weighted by Crippen LogP contribution is -2.30. The van der Waals surface area contributed by atoms with E-state index in [1.807, 2.05) is 0 Å². The van der Waals surface area contributed by atoms with Gasteiger partial charge in [-0.3, -0.25) is 14.4 Å². The molecule has 0 fully saturated rings. The van der Waals surface area contributed by atoms with Crippen LogP contribution < -0.4 is 0 Å². The van der Waals surface area contributed by atoms with E-state index in [2.05, 4.69) is 45.1 Å². The maximum atomic E-state index is 12.8. The molecule has 0 aromatic rings. The van der Waals surface area contributed by atoms with E-state index in [1.54, 1.807) is 0 Å². The fourth-order valence-electron chi connectivity index (χ4n) is 9.26. The van der Waals surface area contributed by atoms with E-state index in [0.29, 0.717) is 19.3 Å². The largest absolute Gasteiger partial charge is 0.462 e. The van der Waals surface area contributed by atoms with Gasteiger partial charge in [-0.05, 0) is 70.6 Å². The zero-order chi connectivity index (χ0) is 50.0. The van der Waals surface area contributed by atoms with E-state index >= 15 is 0 Å². The minimum Gasteiger partial charge on any atom is -0.462 e. The molecule has 0 spiro atoms. The first-order valence-corrected chi connectivity index (χ1v) is 30.8. The molecule has 0 aliphatic rings. The van der Waals surface area contributed by atoms with Crippen molar-refractivity contribution in [2.45, 2.75) is 348 Å². The number of allylic oxidation sites excluding steroid dienone is 4. The highest BCUT2D eigenvalue weighted by molar-refractivity contribution is 5.71. The smallest absolute Gasteiger partial charge is 0.306 e. The molecule has 1 atom stereocenters. The molecule has 0 saturated heterocycles. The maximum absolute atomic E-state index is 12.8. The normalized spacial score (nSPS) is 12.1. The fraction of sp³-hybridized carbons (Fsp3) is 0.889. The number of ether oxygens (including phenoxy) is 3. The molecule has 0 radical (unpaired) electrons. The van der Waals surface area contributed by atoms with Gasteiger partial charge in [0.2, 0.25) is 0 Å². The second-order valence-corrected chi connectivity index (χ2v) is 21.0. The summed E-state index contributed by atoms with van der Waals surface area (Å²) >= 11 is 0. The summed E-state index contributed by atoms with van der Waals surface area (Å²) in [5.74, 6) is -0.862. The summed E-state index contributed by atoms with van der Waals surface area (Å²) in [4.78, 5) is 38.0. The molecular weight excluding hydrogens is 853 g/mol. The van der Waals surface area contributed by atoms with Crippen LogP contribution in [0.3, 0.4) is 0 Å². The van der Waals surface area contributed by atoms with Gasteiger partial charge in [-0.1, -0.05) is 276 Å². The molecule has 0 amide bonds. The Bertz CT molecular complexity index is 1110. The van der Waals surface area contributed by atoms with Crippen molar-refractivity contribution in [1.29, 1.82) is 0 Å². The van der Waals surface area contributed by atoms with Gasteiger partial charge < -0.3 is 14.2 Å². The first-order chi connectivity index (χ1) is 34.0. The van der Waals surface area contributed by atoms with Crippen molar-refractivity contribution in [2.24, 2.45) is 0 Å². The zero-order valence-corrected chi connectivity index (χ0v) is 46.6. The molecule has 0 N–H and O–H groups in total. The molecule has 0 aliphatic carbocycles. The molecule has 0 saturated carbocycles. The van der Waals surface area contributed by atoms with Crippen molar-refractivity contribution < 1.29 is 28.6 Å². The second kappa shape index (κ2) is 58.5. The number of hydrogen-bond donors (Lipinski definition) is 0. The van der Waals surface area contributed by atoms with Crippen molar-refractivity contribution >= 4 is 17.9 Å². The Labute approximate surface area is 430 Å². The van der Waals surface area contributed by atoms with Crippen LogP contribution in [0.4, 0.5) is 0 Å². The third kappa shape index (κ3) is 56.7. The van der Waals surface area contributed by atoms with E-state index in [0.717, 1.165) is 64.2 Å². The standard InChI is InChI=1S/C63H118O6/c1-4-7-10-13-16-19-21-23-24-25-26-27-28-29-30-31-32-33-34-35-36-37-38-40-41-44-47-50-53-56-62(65)68-59-60(58-67-61(64)55-52-49-46-43-18-15-12-9-6-3)69-63(66)57-54-51-48-45-42-39-22-20-17-14-11-8-5-2/h20,22,25-26,60H,4-19,21,23-24,27-59H2,1-3H3/b22-20-,26-25-. The number of rotatable bonds is 57. The zero-order valence-electron chi connectivity index (χ0n) is 46.6. The van der Waals surface area contributed by atoms with Gasteiger partial charge in [-0.15, -0.1) is 0 Å². The Balaban J connectivity index is 4.04. The van der Waals surface area contributed by atoms with E-state index < -0.39 is 6.10 Å². The van der Waals surface area contributed by atoms with Gasteiger partial charge in [0.1, 0.15) is 13.2 Å². The topological polar surface area (TPSA) is 78.9 Å². The summed E-state index contributed by atoms with van der Waals surface area (Å²) in [5.41, 5.74) is 0. The van der Waals surface area contributed by atoms with Gasteiger partial charge in [0.05, 0.1) is 0 Å². The SMILES string of the molecule is CCCCCC/C=C\CCCCCCCC(=O)OC(COC(=O)CCCCCCCCCCC)COC(=O)CCCCCCCCCCCCCCCCCCC/C=C\CCCCCCCCCC. The van der Waals surface area contributed by atoms with Crippen LogP contribution in [-0.4, -0.2) is 37.2 Å². The molecule has 0 aromatic heterocycles. The van der Waals surface area contributed by atoms with Crippen LogP contribution in [0.2, 0.25) is 0 Å². The third-order valence-electron chi connectivity index (χ3n) is 13.9. The summed E-state index contributed by atoms with van der Waals surface area (Å²) < 4.78 is 16.8. The summed E-state index contributed by atoms with van der Waals surface area (Å²) in [7, 11) is 0. The lowest BCUT2D eigenvalue weighted by atomic mass is 10.0. The predicted octanol–water partition coefficient (Wildman–Crippen LogP) is 20.7. The van der Waals surface area contributed by atoms with Crippen LogP contribution in [0, 0.1) is 0 Å². The van der Waals surface area contributed by atoms with Crippen molar-refractivity contribution in [2.75, 3.05) is 13.2 Å². The molecule has 6 heteroatoms. The highest BCUT2D eigenvalue weighted by Gasteiger charge is 2.19. The van der Waals surface area contributed by atoms with Gasteiger partial charge in [0, 0.05) is 19.3 Å². The van der Waals surface area contributed by atoms with Crippen LogP contribution in [0.25, 0.3) is 0 Å². The van der Waals surface area contributed by atoms with E-state index in [-0.39, 0.29) is 31.1 Å². The molecular formula is C63H118O6. The van der Waals surface area contributed by atoms with Crippen LogP contribution in [0.1, 0.15) is 342 Å². The highest BCUT2D eigenvalue weighted by Crippen LogP contribution is 2.17. The molecule has 0 aromatic carbocycles. The summed E-state index contributed by atoms with van der Waals surface area (Å²) in [6, 6.07) is 0. The molecule has 0 aliphatic heterocycles. The number of hydrogen-bond acceptors (Lipinski definition) is 6. The molecule has 0 heterocycles. The summed E-state index contributed by atoms with van der Waals surface area (Å²) in [5, 5.41) is 0. The van der Waals surface area contributed by atoms with E-state index in [9.17, 15) is 14.4 Å². The first kappa shape index (κ1) is 66.9. The van der Waals surface area contributed by atoms with E-state index in [4.69, 9.17) is 14.2 Å². The van der Waals surface area contributed by atoms with Gasteiger partial charge in [-0.2, -0.15) is 0 Å². The number of carbonyl (C=O) groups excluding carboxylic acids is 3. The molecule has 1 unspecified atom stereocenters. The monoisotopic (exact) mass is 971 g/mol. The molecule has 69 heavy (non-hydrogen) atoms. The Kier molecular flexibility index (Phi) is 56.7. The van der Waals surface area contributed by atoms with Crippen molar-refractivity contribution in [3.63, 3.8) is 0 Å². The highest BCUT2D eigenvalue weighted by atomic mass is 16.6. The first-order valence-electron chi connectivity index (χ1n) is 30.8. The number of esters is 3. The van der Waals surface area contributed by atoms with Crippen LogP contribution >= 0.6 is 0 Å². The lowest BCUT2D eigenvalue weighted by molar-refractivity contribution is -0.167. The molecule has 406 valence electrons. The predicted molar refractivity (Wildman–Crippen MR) is 298 cm³/mol. The van der Waals surface area contributed by atoms with Crippen LogP contribution in [0.5, 0.6) is 0 Å². The van der Waals surface area contributed by atoms with Crippen LogP contribution in [-0.2, 0) is 28.6 Å². The number of unbranched alkanes of at least 4 members (excludes halogenated alkanes) is 42. The minimum absolute atomic E-state index is 0.0697. The Morgan fingerprint density at radius 3 is 0.739 bits per heavy atom. The average molecular weight is 972 g/mol. The maximum Gasteiger partial charge on any atom is 0.306 e. The Morgan fingerprint density at radius 2 is 0.478 bits per heavy atom. The minimum atomic E-state index is -0.769. The van der Waals surface area contributed by atoms with Crippen molar-refractivity contribution in [3.8, 4) is 0 Å². The molecule has 6 nitrogen and oxygen atoms in total. The fourth-order valence-corrected chi connectivity index (χ4v) is 9.26. The van der Waals surface area contributed by atoms with Gasteiger partial charge in [0.15, 0.2) is 6.10 Å². The van der Waals surface area contributed by atoms with Gasteiger partial charge >= 0.3 is 17.9 Å². The third-order valence-corrected chi connectivity index (χ3v) is 13.9. The lowest BCUT2D eigenvalue weighted by Gasteiger charge is -2.18. The summed E-state index contributed by atoms with van der Waals surface area (Å²) in [6.45, 7) is 6.64.